The zero-order valence-corrected chi connectivity index (χ0v) is 11.7. The van der Waals surface area contributed by atoms with Crippen LogP contribution in [0.15, 0.2) is 12.5 Å². The highest BCUT2D eigenvalue weighted by Crippen LogP contribution is 2.35. The Labute approximate surface area is 108 Å². The molecule has 4 heteroatoms. The second-order valence-corrected chi connectivity index (χ2v) is 5.96. The third kappa shape index (κ3) is 3.26. The van der Waals surface area contributed by atoms with Gasteiger partial charge in [0.1, 0.15) is 0 Å². The lowest BCUT2D eigenvalue weighted by Crippen LogP contribution is -2.30. The van der Waals surface area contributed by atoms with E-state index in [4.69, 9.17) is 0 Å². The summed E-state index contributed by atoms with van der Waals surface area (Å²) in [5, 5.41) is 4.38. The van der Waals surface area contributed by atoms with E-state index in [0.717, 1.165) is 13.1 Å². The molecule has 1 aliphatic rings. The molecule has 1 saturated heterocycles. The molecule has 0 radical (unpaired) electrons. The first-order chi connectivity index (χ1) is 8.35. The van der Waals surface area contributed by atoms with Crippen LogP contribution in [0.5, 0.6) is 0 Å². The van der Waals surface area contributed by atoms with Gasteiger partial charge in [-0.25, -0.2) is 4.98 Å². The maximum atomic E-state index is 4.57. The lowest BCUT2D eigenvalue weighted by molar-refractivity contribution is 0.494. The molecule has 1 aromatic heterocycles. The Morgan fingerprint density at radius 3 is 3.06 bits per heavy atom. The Morgan fingerprint density at radius 1 is 1.59 bits per heavy atom. The average Bonchev–Trinajstić information content (AvgIpc) is 3.00. The normalized spacial score (nSPS) is 21.9. The molecule has 2 atom stereocenters. The molecule has 2 unspecified atom stereocenters. The van der Waals surface area contributed by atoms with Gasteiger partial charge in [0.15, 0.2) is 0 Å². The fraction of sp³-hybridized carbons (Fsp3) is 0.769. The third-order valence-corrected chi connectivity index (χ3v) is 4.75. The number of aryl methyl sites for hydroxylation is 1. The highest BCUT2D eigenvalue weighted by atomic mass is 32.2. The number of nitrogens with one attached hydrogen (secondary N) is 1. The van der Waals surface area contributed by atoms with E-state index in [9.17, 15) is 0 Å². The molecule has 3 nitrogen and oxygen atoms in total. The summed E-state index contributed by atoms with van der Waals surface area (Å²) in [6.45, 7) is 6.47. The minimum Gasteiger partial charge on any atom is -0.337 e. The molecule has 0 amide bonds. The number of nitrogens with zero attached hydrogens (tertiary/aromatic N) is 2. The molecule has 96 valence electrons. The van der Waals surface area contributed by atoms with E-state index in [1.807, 2.05) is 6.33 Å². The van der Waals surface area contributed by atoms with Gasteiger partial charge in [-0.15, -0.1) is 0 Å². The lowest BCUT2D eigenvalue weighted by atomic mass is 10.1. The standard InChI is InChI=1S/C13H23N3S/c1-3-7-14-13(12-6-5-8-17-12)11-9-16(4-2)10-15-11/h9-10,12-14H,3-8H2,1-2H3. The molecule has 17 heavy (non-hydrogen) atoms. The van der Waals surface area contributed by atoms with Gasteiger partial charge in [-0.05, 0) is 38.5 Å². The molecular formula is C13H23N3S. The highest BCUT2D eigenvalue weighted by molar-refractivity contribution is 8.00. The van der Waals surface area contributed by atoms with Gasteiger partial charge >= 0.3 is 0 Å². The van der Waals surface area contributed by atoms with Crippen molar-refractivity contribution < 1.29 is 0 Å². The summed E-state index contributed by atoms with van der Waals surface area (Å²) in [5.74, 6) is 1.31. The fourth-order valence-electron chi connectivity index (χ4n) is 2.30. The molecule has 1 aromatic rings. The van der Waals surface area contributed by atoms with Crippen molar-refractivity contribution in [1.82, 2.24) is 14.9 Å². The van der Waals surface area contributed by atoms with Crippen molar-refractivity contribution in [3.63, 3.8) is 0 Å². The fourth-order valence-corrected chi connectivity index (χ4v) is 3.70. The van der Waals surface area contributed by atoms with Crippen molar-refractivity contribution in [3.05, 3.63) is 18.2 Å². The summed E-state index contributed by atoms with van der Waals surface area (Å²) >= 11 is 2.10. The second-order valence-electron chi connectivity index (χ2n) is 4.61. The molecular weight excluding hydrogens is 230 g/mol. The van der Waals surface area contributed by atoms with Crippen molar-refractivity contribution in [3.8, 4) is 0 Å². The van der Waals surface area contributed by atoms with Crippen LogP contribution in [0.4, 0.5) is 0 Å². The van der Waals surface area contributed by atoms with Crippen molar-refractivity contribution in [2.24, 2.45) is 0 Å². The zero-order chi connectivity index (χ0) is 12.1. The van der Waals surface area contributed by atoms with Crippen LogP contribution in [0.1, 0.15) is 44.8 Å². The summed E-state index contributed by atoms with van der Waals surface area (Å²) in [4.78, 5) is 4.57. The average molecular weight is 253 g/mol. The van der Waals surface area contributed by atoms with Crippen LogP contribution in [0.3, 0.4) is 0 Å². The largest absolute Gasteiger partial charge is 0.337 e. The Hall–Kier alpha value is -0.480. The van der Waals surface area contributed by atoms with Crippen molar-refractivity contribution in [2.75, 3.05) is 12.3 Å². The third-order valence-electron chi connectivity index (χ3n) is 3.29. The van der Waals surface area contributed by atoms with Gasteiger partial charge in [0, 0.05) is 18.0 Å². The molecule has 2 rings (SSSR count). The van der Waals surface area contributed by atoms with Gasteiger partial charge in [0.05, 0.1) is 18.1 Å². The lowest BCUT2D eigenvalue weighted by Gasteiger charge is -2.22. The molecule has 0 bridgehead atoms. The van der Waals surface area contributed by atoms with E-state index in [-0.39, 0.29) is 0 Å². The van der Waals surface area contributed by atoms with E-state index >= 15 is 0 Å². The Balaban J connectivity index is 2.07. The summed E-state index contributed by atoms with van der Waals surface area (Å²) in [7, 11) is 0. The number of hydrogen-bond donors (Lipinski definition) is 1. The highest BCUT2D eigenvalue weighted by Gasteiger charge is 2.27. The Morgan fingerprint density at radius 2 is 2.47 bits per heavy atom. The van der Waals surface area contributed by atoms with Crippen LogP contribution in [0, 0.1) is 0 Å². The van der Waals surface area contributed by atoms with Crippen LogP contribution in [-0.4, -0.2) is 27.1 Å². The van der Waals surface area contributed by atoms with E-state index in [0.29, 0.717) is 11.3 Å². The van der Waals surface area contributed by atoms with E-state index in [1.165, 1.54) is 30.7 Å². The summed E-state index contributed by atoms with van der Waals surface area (Å²) < 4.78 is 2.16. The van der Waals surface area contributed by atoms with Crippen LogP contribution in [0.2, 0.25) is 0 Å². The van der Waals surface area contributed by atoms with Gasteiger partial charge in [-0.2, -0.15) is 11.8 Å². The molecule has 0 spiro atoms. The van der Waals surface area contributed by atoms with Gasteiger partial charge in [0.25, 0.3) is 0 Å². The summed E-state index contributed by atoms with van der Waals surface area (Å²) in [6.07, 6.45) is 8.02. The smallest absolute Gasteiger partial charge is 0.0950 e. The minimum atomic E-state index is 0.440. The summed E-state index contributed by atoms with van der Waals surface area (Å²) in [6, 6.07) is 0.440. The van der Waals surface area contributed by atoms with Gasteiger partial charge in [-0.1, -0.05) is 6.92 Å². The van der Waals surface area contributed by atoms with E-state index < -0.39 is 0 Å². The number of thioether (sulfide) groups is 1. The zero-order valence-electron chi connectivity index (χ0n) is 10.9. The molecule has 0 saturated carbocycles. The van der Waals surface area contributed by atoms with Crippen molar-refractivity contribution in [2.45, 2.75) is 50.9 Å². The van der Waals surface area contributed by atoms with Crippen molar-refractivity contribution >= 4 is 11.8 Å². The quantitative estimate of drug-likeness (QED) is 0.845. The monoisotopic (exact) mass is 253 g/mol. The second kappa shape index (κ2) is 6.45. The van der Waals surface area contributed by atoms with Crippen LogP contribution >= 0.6 is 11.8 Å². The van der Waals surface area contributed by atoms with Crippen molar-refractivity contribution in [1.29, 1.82) is 0 Å². The van der Waals surface area contributed by atoms with Gasteiger partial charge < -0.3 is 9.88 Å². The first kappa shape index (κ1) is 13.0. The molecule has 0 aliphatic carbocycles. The molecule has 2 heterocycles. The Bertz CT molecular complexity index is 331. The van der Waals surface area contributed by atoms with E-state index in [2.05, 4.69) is 46.7 Å². The minimum absolute atomic E-state index is 0.440. The molecule has 1 aliphatic heterocycles. The SMILES string of the molecule is CCCNC(c1cn(CC)cn1)C1CCCS1. The Kier molecular flexibility index (Phi) is 4.92. The van der Waals surface area contributed by atoms with Gasteiger partial charge in [0.2, 0.25) is 0 Å². The number of rotatable bonds is 6. The van der Waals surface area contributed by atoms with Crippen LogP contribution < -0.4 is 5.32 Å². The maximum absolute atomic E-state index is 4.57. The first-order valence-corrected chi connectivity index (χ1v) is 7.76. The van der Waals surface area contributed by atoms with Crippen LogP contribution in [0.25, 0.3) is 0 Å². The van der Waals surface area contributed by atoms with Crippen LogP contribution in [-0.2, 0) is 6.54 Å². The maximum Gasteiger partial charge on any atom is 0.0950 e. The first-order valence-electron chi connectivity index (χ1n) is 6.71. The molecule has 1 N–H and O–H groups in total. The molecule has 0 aromatic carbocycles. The summed E-state index contributed by atoms with van der Waals surface area (Å²) in [5.41, 5.74) is 1.22. The predicted molar refractivity (Wildman–Crippen MR) is 74.4 cm³/mol. The number of aromatic nitrogens is 2. The van der Waals surface area contributed by atoms with Gasteiger partial charge in [-0.3, -0.25) is 0 Å². The molecule has 1 fully saturated rings. The number of hydrogen-bond acceptors (Lipinski definition) is 3. The number of imidazole rings is 1. The van der Waals surface area contributed by atoms with E-state index in [1.54, 1.807) is 0 Å². The topological polar surface area (TPSA) is 29.9 Å². The predicted octanol–water partition coefficient (Wildman–Crippen LogP) is 2.84.